The van der Waals surface area contributed by atoms with Crippen LogP contribution >= 0.6 is 7.82 Å². The number of carbonyl (C=O) groups excluding carboxylic acids is 1. The molecule has 1 fully saturated rings. The standard InChI is InChI=1S/C11H12F3N2O9P/c12-11(13,14)9(19)25-26(21,22)23-4-6-5(17)3-8(24-6)16-2-1-7(18)15-10(16)20/h1-2,5-6,8,17H,3-4H2,(H,21,22)(H,15,18,20)/p-1/t5-,6+,8+/m0/s1. The number of nitrogens with one attached hydrogen (secondary N) is 1. The molecule has 1 aliphatic rings. The Bertz CT molecular complexity index is 835. The SMILES string of the molecule is O=C(OP(=O)([O-])OC[C@H]1O[C@@H](n2ccc(=O)[nH]c2=O)C[C@@H]1O)C(F)(F)F. The Hall–Kier alpha value is -1.99. The molecule has 11 nitrogen and oxygen atoms in total. The molecule has 0 spiro atoms. The number of aliphatic hydroxyl groups is 1. The summed E-state index contributed by atoms with van der Waals surface area (Å²) in [4.78, 5) is 46.3. The monoisotopic (exact) mass is 403 g/mol. The first-order valence-electron chi connectivity index (χ1n) is 6.80. The Kier molecular flexibility index (Phi) is 5.73. The van der Waals surface area contributed by atoms with Crippen LogP contribution < -0.4 is 16.1 Å². The van der Waals surface area contributed by atoms with E-state index in [4.69, 9.17) is 4.74 Å². The molecule has 1 aliphatic heterocycles. The van der Waals surface area contributed by atoms with Crippen molar-refractivity contribution in [2.45, 2.75) is 31.0 Å². The molecule has 2 heterocycles. The lowest BCUT2D eigenvalue weighted by atomic mass is 10.2. The summed E-state index contributed by atoms with van der Waals surface area (Å²) in [5.41, 5.74) is -1.53. The van der Waals surface area contributed by atoms with Crippen LogP contribution in [0.5, 0.6) is 0 Å². The summed E-state index contributed by atoms with van der Waals surface area (Å²) in [7, 11) is -5.66. The molecule has 2 N–H and O–H groups in total. The van der Waals surface area contributed by atoms with Gasteiger partial charge in [0.1, 0.15) is 12.3 Å². The average molecular weight is 403 g/mol. The molecule has 26 heavy (non-hydrogen) atoms. The van der Waals surface area contributed by atoms with E-state index in [0.717, 1.165) is 16.8 Å². The van der Waals surface area contributed by atoms with Crippen LogP contribution in [0.1, 0.15) is 12.6 Å². The van der Waals surface area contributed by atoms with Gasteiger partial charge in [-0.3, -0.25) is 18.9 Å². The predicted molar refractivity (Wildman–Crippen MR) is 71.6 cm³/mol. The maximum Gasteiger partial charge on any atom is 0.491 e. The zero-order valence-corrected chi connectivity index (χ0v) is 13.4. The average Bonchev–Trinajstić information content (AvgIpc) is 2.84. The van der Waals surface area contributed by atoms with Gasteiger partial charge >= 0.3 is 25.7 Å². The number of aromatic nitrogens is 2. The van der Waals surface area contributed by atoms with Crippen molar-refractivity contribution in [3.05, 3.63) is 33.1 Å². The number of ether oxygens (including phenoxy) is 1. The van der Waals surface area contributed by atoms with E-state index in [0.29, 0.717) is 0 Å². The molecule has 0 bridgehead atoms. The molecule has 15 heteroatoms. The van der Waals surface area contributed by atoms with E-state index in [-0.39, 0.29) is 6.42 Å². The Morgan fingerprint density at radius 2 is 2.15 bits per heavy atom. The number of phosphoric acid groups is 1. The van der Waals surface area contributed by atoms with Gasteiger partial charge < -0.3 is 23.8 Å². The number of hydrogen-bond donors (Lipinski definition) is 2. The smallest absolute Gasteiger partial charge is 0.491 e. The van der Waals surface area contributed by atoms with Gasteiger partial charge in [-0.1, -0.05) is 0 Å². The van der Waals surface area contributed by atoms with E-state index in [1.54, 1.807) is 0 Å². The van der Waals surface area contributed by atoms with Gasteiger partial charge in [0.2, 0.25) is 0 Å². The molecule has 146 valence electrons. The third kappa shape index (κ3) is 5.02. The van der Waals surface area contributed by atoms with Crippen molar-refractivity contribution in [1.82, 2.24) is 9.55 Å². The first kappa shape index (κ1) is 20.3. The summed E-state index contributed by atoms with van der Waals surface area (Å²) in [5.74, 6) is -2.98. The molecular formula is C11H11F3N2O9P-. The maximum atomic E-state index is 12.0. The summed E-state index contributed by atoms with van der Waals surface area (Å²) in [6.07, 6.45) is -8.46. The van der Waals surface area contributed by atoms with Crippen LogP contribution in [0.2, 0.25) is 0 Å². The van der Waals surface area contributed by atoms with E-state index in [1.807, 2.05) is 4.98 Å². The van der Waals surface area contributed by atoms with Crippen LogP contribution in [0.4, 0.5) is 13.2 Å². The van der Waals surface area contributed by atoms with Crippen molar-refractivity contribution < 1.29 is 46.3 Å². The lowest BCUT2D eigenvalue weighted by Gasteiger charge is -2.24. The first-order chi connectivity index (χ1) is 11.9. The Morgan fingerprint density at radius 3 is 2.73 bits per heavy atom. The van der Waals surface area contributed by atoms with Gasteiger partial charge in [0.25, 0.3) is 5.56 Å². The molecule has 1 aromatic rings. The number of phosphoric ester groups is 1. The molecule has 0 radical (unpaired) electrons. The zero-order chi connectivity index (χ0) is 19.7. The summed E-state index contributed by atoms with van der Waals surface area (Å²) >= 11 is 0. The van der Waals surface area contributed by atoms with Crippen molar-refractivity contribution in [3.8, 4) is 0 Å². The predicted octanol–water partition coefficient (Wildman–Crippen LogP) is -1.22. The summed E-state index contributed by atoms with van der Waals surface area (Å²) < 4.78 is 60.6. The number of aromatic amines is 1. The molecule has 1 saturated heterocycles. The number of halogens is 3. The van der Waals surface area contributed by atoms with Crippen LogP contribution in [0, 0.1) is 0 Å². The minimum atomic E-state index is -5.66. The number of hydrogen-bond acceptors (Lipinski definition) is 9. The second kappa shape index (κ2) is 7.32. The van der Waals surface area contributed by atoms with Gasteiger partial charge in [-0.15, -0.1) is 0 Å². The van der Waals surface area contributed by atoms with Crippen molar-refractivity contribution in [2.75, 3.05) is 6.61 Å². The Labute approximate surface area is 141 Å². The van der Waals surface area contributed by atoms with Crippen LogP contribution in [0.3, 0.4) is 0 Å². The third-order valence-corrected chi connectivity index (χ3v) is 4.04. The lowest BCUT2D eigenvalue weighted by Crippen LogP contribution is -2.32. The van der Waals surface area contributed by atoms with Crippen molar-refractivity contribution in [2.24, 2.45) is 0 Å². The number of aliphatic hydroxyl groups excluding tert-OH is 1. The third-order valence-electron chi connectivity index (χ3n) is 3.19. The fourth-order valence-electron chi connectivity index (χ4n) is 2.03. The van der Waals surface area contributed by atoms with Crippen molar-refractivity contribution >= 4 is 13.8 Å². The van der Waals surface area contributed by atoms with Gasteiger partial charge in [0, 0.05) is 18.7 Å². The lowest BCUT2D eigenvalue weighted by molar-refractivity contribution is -0.238. The van der Waals surface area contributed by atoms with Crippen LogP contribution in [-0.2, 0) is 23.1 Å². The molecule has 1 aromatic heterocycles. The maximum absolute atomic E-state index is 12.0. The minimum Gasteiger partial charge on any atom is -0.746 e. The second-order valence-corrected chi connectivity index (χ2v) is 6.40. The number of rotatable bonds is 5. The highest BCUT2D eigenvalue weighted by Crippen LogP contribution is 2.42. The van der Waals surface area contributed by atoms with E-state index in [2.05, 4.69) is 9.05 Å². The second-order valence-electron chi connectivity index (χ2n) is 5.07. The zero-order valence-electron chi connectivity index (χ0n) is 12.5. The van der Waals surface area contributed by atoms with Gasteiger partial charge in [0.05, 0.1) is 12.7 Å². The first-order valence-corrected chi connectivity index (χ1v) is 8.26. The summed E-state index contributed by atoms with van der Waals surface area (Å²) in [6, 6.07) is 1.00. The van der Waals surface area contributed by atoms with Gasteiger partial charge in [-0.2, -0.15) is 13.2 Å². The highest BCUT2D eigenvalue weighted by molar-refractivity contribution is 7.46. The number of alkyl halides is 3. The van der Waals surface area contributed by atoms with Crippen LogP contribution in [0.15, 0.2) is 21.9 Å². The highest BCUT2D eigenvalue weighted by Gasteiger charge is 2.43. The van der Waals surface area contributed by atoms with Gasteiger partial charge in [-0.05, 0) is 0 Å². The summed E-state index contributed by atoms with van der Waals surface area (Å²) in [6.45, 7) is -0.971. The van der Waals surface area contributed by atoms with Crippen LogP contribution in [-0.4, -0.2) is 45.6 Å². The summed E-state index contributed by atoms with van der Waals surface area (Å²) in [5, 5.41) is 9.80. The fraction of sp³-hybridized carbons (Fsp3) is 0.545. The largest absolute Gasteiger partial charge is 0.746 e. The van der Waals surface area contributed by atoms with Gasteiger partial charge in [-0.25, -0.2) is 9.59 Å². The van der Waals surface area contributed by atoms with E-state index in [1.165, 1.54) is 0 Å². The van der Waals surface area contributed by atoms with Crippen LogP contribution in [0.25, 0.3) is 0 Å². The molecule has 4 atom stereocenters. The highest BCUT2D eigenvalue weighted by atomic mass is 31.2. The van der Waals surface area contributed by atoms with Crippen molar-refractivity contribution in [3.63, 3.8) is 0 Å². The quantitative estimate of drug-likeness (QED) is 0.574. The molecule has 1 unspecified atom stereocenters. The molecule has 0 aromatic carbocycles. The normalized spacial score (nSPS) is 25.7. The van der Waals surface area contributed by atoms with Gasteiger partial charge in [0.15, 0.2) is 0 Å². The van der Waals surface area contributed by atoms with Crippen molar-refractivity contribution in [1.29, 1.82) is 0 Å². The van der Waals surface area contributed by atoms with E-state index < -0.39 is 56.3 Å². The van der Waals surface area contributed by atoms with E-state index in [9.17, 15) is 42.1 Å². The Balaban J connectivity index is 1.98. The number of carbonyl (C=O) groups is 1. The fourth-order valence-corrected chi connectivity index (χ4v) is 2.72. The molecule has 0 amide bonds. The molecular weight excluding hydrogens is 392 g/mol. The molecule has 2 rings (SSSR count). The topological polar surface area (TPSA) is 160 Å². The van der Waals surface area contributed by atoms with E-state index >= 15 is 0 Å². The minimum absolute atomic E-state index is 0.203. The Morgan fingerprint density at radius 1 is 1.50 bits per heavy atom. The molecule has 0 saturated carbocycles. The number of H-pyrrole nitrogens is 1. The molecule has 0 aliphatic carbocycles. The number of nitrogens with zero attached hydrogens (tertiary/aromatic N) is 1.